The van der Waals surface area contributed by atoms with E-state index >= 15 is 0 Å². The van der Waals surface area contributed by atoms with E-state index in [-0.39, 0.29) is 5.91 Å². The molecule has 1 aromatic heterocycles. The number of halogens is 1. The Hall–Kier alpha value is -2.34. The maximum absolute atomic E-state index is 12.9. The van der Waals surface area contributed by atoms with Gasteiger partial charge in [-0.3, -0.25) is 4.79 Å². The largest absolute Gasteiger partial charge is 0.368 e. The zero-order valence-electron chi connectivity index (χ0n) is 15.6. The van der Waals surface area contributed by atoms with Crippen LogP contribution in [-0.4, -0.2) is 60.0 Å². The molecule has 0 spiro atoms. The van der Waals surface area contributed by atoms with E-state index in [1.807, 2.05) is 30.0 Å². The molecule has 0 bridgehead atoms. The lowest BCUT2D eigenvalue weighted by Gasteiger charge is -2.36. The number of carbonyl (C=O) groups excluding carboxylic acids is 1. The van der Waals surface area contributed by atoms with Gasteiger partial charge in [0.1, 0.15) is 0 Å². The summed E-state index contributed by atoms with van der Waals surface area (Å²) in [5.74, 6) is 0.763. The van der Waals surface area contributed by atoms with Crippen molar-refractivity contribution in [3.63, 3.8) is 0 Å². The fraction of sp³-hybridized carbons (Fsp3) is 0.450. The van der Waals surface area contributed by atoms with Gasteiger partial charge in [-0.05, 0) is 38.0 Å². The molecule has 6 nitrogen and oxygen atoms in total. The predicted octanol–water partition coefficient (Wildman–Crippen LogP) is 3.00. The summed E-state index contributed by atoms with van der Waals surface area (Å²) in [4.78, 5) is 28.3. The van der Waals surface area contributed by atoms with E-state index in [9.17, 15) is 4.79 Å². The highest BCUT2D eigenvalue weighted by atomic mass is 35.5. The third-order valence-electron chi connectivity index (χ3n) is 5.33. The van der Waals surface area contributed by atoms with Crippen molar-refractivity contribution in [2.24, 2.45) is 0 Å². The smallest absolute Gasteiger partial charge is 0.257 e. The lowest BCUT2D eigenvalue weighted by Crippen LogP contribution is -2.49. The first-order chi connectivity index (χ1) is 13.1. The average molecular weight is 386 g/mol. The van der Waals surface area contributed by atoms with E-state index in [0.29, 0.717) is 18.7 Å². The van der Waals surface area contributed by atoms with Crippen molar-refractivity contribution in [3.05, 3.63) is 46.7 Å². The molecule has 0 radical (unpaired) electrons. The molecule has 1 aromatic carbocycles. The van der Waals surface area contributed by atoms with Crippen LogP contribution in [-0.2, 0) is 0 Å². The number of piperazine rings is 1. The molecule has 142 valence electrons. The SMILES string of the molecule is Cc1nc(N2CCCC2)ncc1C(=O)N1CCN(c2cccc(Cl)c2)CC1. The fourth-order valence-electron chi connectivity index (χ4n) is 3.75. The summed E-state index contributed by atoms with van der Waals surface area (Å²) in [5, 5.41) is 0.733. The number of nitrogens with zero attached hydrogens (tertiary/aromatic N) is 5. The van der Waals surface area contributed by atoms with E-state index in [4.69, 9.17) is 11.6 Å². The first-order valence-corrected chi connectivity index (χ1v) is 9.88. The number of benzene rings is 1. The lowest BCUT2D eigenvalue weighted by atomic mass is 10.2. The van der Waals surface area contributed by atoms with Gasteiger partial charge in [-0.2, -0.15) is 0 Å². The van der Waals surface area contributed by atoms with Gasteiger partial charge in [0, 0.05) is 56.2 Å². The molecule has 0 N–H and O–H groups in total. The highest BCUT2D eigenvalue weighted by Gasteiger charge is 2.25. The van der Waals surface area contributed by atoms with Gasteiger partial charge in [0.2, 0.25) is 5.95 Å². The van der Waals surface area contributed by atoms with Crippen LogP contribution in [0.2, 0.25) is 5.02 Å². The average Bonchev–Trinajstić information content (AvgIpc) is 3.22. The molecule has 2 aliphatic heterocycles. The molecule has 0 saturated carbocycles. The summed E-state index contributed by atoms with van der Waals surface area (Å²) < 4.78 is 0. The monoisotopic (exact) mass is 385 g/mol. The minimum absolute atomic E-state index is 0.0196. The minimum atomic E-state index is 0.0196. The van der Waals surface area contributed by atoms with E-state index < -0.39 is 0 Å². The Labute approximate surface area is 164 Å². The molecule has 4 rings (SSSR count). The van der Waals surface area contributed by atoms with E-state index in [0.717, 1.165) is 48.5 Å². The Kier molecular flexibility index (Phi) is 5.16. The first kappa shape index (κ1) is 18.0. The molecule has 1 amide bonds. The number of amides is 1. The van der Waals surface area contributed by atoms with Crippen molar-refractivity contribution in [2.75, 3.05) is 49.1 Å². The maximum atomic E-state index is 12.9. The Morgan fingerprint density at radius 2 is 1.78 bits per heavy atom. The molecular formula is C20H24ClN5O. The van der Waals surface area contributed by atoms with Crippen molar-refractivity contribution in [3.8, 4) is 0 Å². The predicted molar refractivity (Wildman–Crippen MR) is 108 cm³/mol. The van der Waals surface area contributed by atoms with Gasteiger partial charge in [-0.1, -0.05) is 17.7 Å². The van der Waals surface area contributed by atoms with Crippen LogP contribution in [0.15, 0.2) is 30.5 Å². The second-order valence-electron chi connectivity index (χ2n) is 7.12. The molecule has 0 unspecified atom stereocenters. The molecule has 2 aliphatic rings. The quantitative estimate of drug-likeness (QED) is 0.813. The molecule has 0 atom stereocenters. The van der Waals surface area contributed by atoms with Crippen LogP contribution in [0.1, 0.15) is 28.9 Å². The first-order valence-electron chi connectivity index (χ1n) is 9.50. The Balaban J connectivity index is 1.42. The maximum Gasteiger partial charge on any atom is 0.257 e. The van der Waals surface area contributed by atoms with Crippen molar-refractivity contribution in [1.29, 1.82) is 0 Å². The van der Waals surface area contributed by atoms with Crippen molar-refractivity contribution >= 4 is 29.1 Å². The third-order valence-corrected chi connectivity index (χ3v) is 5.56. The van der Waals surface area contributed by atoms with Gasteiger partial charge in [-0.25, -0.2) is 9.97 Å². The van der Waals surface area contributed by atoms with Gasteiger partial charge < -0.3 is 14.7 Å². The number of aromatic nitrogens is 2. The molecular weight excluding hydrogens is 362 g/mol. The molecule has 0 aliphatic carbocycles. The number of carbonyl (C=O) groups is 1. The number of rotatable bonds is 3. The molecule has 2 fully saturated rings. The Bertz CT molecular complexity index is 829. The van der Waals surface area contributed by atoms with Crippen LogP contribution in [0.5, 0.6) is 0 Å². The number of aryl methyl sites for hydroxylation is 1. The number of hydrogen-bond donors (Lipinski definition) is 0. The fourth-order valence-corrected chi connectivity index (χ4v) is 3.93. The summed E-state index contributed by atoms with van der Waals surface area (Å²) >= 11 is 6.09. The highest BCUT2D eigenvalue weighted by molar-refractivity contribution is 6.30. The van der Waals surface area contributed by atoms with Gasteiger partial charge in [0.05, 0.1) is 11.3 Å². The summed E-state index contributed by atoms with van der Waals surface area (Å²) in [6.07, 6.45) is 4.06. The van der Waals surface area contributed by atoms with Crippen LogP contribution >= 0.6 is 11.6 Å². The van der Waals surface area contributed by atoms with Gasteiger partial charge in [-0.15, -0.1) is 0 Å². The molecule has 2 aromatic rings. The van der Waals surface area contributed by atoms with Crippen LogP contribution in [0.25, 0.3) is 0 Å². The van der Waals surface area contributed by atoms with Crippen LogP contribution in [0.4, 0.5) is 11.6 Å². The van der Waals surface area contributed by atoms with E-state index in [2.05, 4.69) is 25.8 Å². The Morgan fingerprint density at radius 3 is 2.44 bits per heavy atom. The van der Waals surface area contributed by atoms with Gasteiger partial charge >= 0.3 is 0 Å². The molecule has 7 heteroatoms. The zero-order chi connectivity index (χ0) is 18.8. The summed E-state index contributed by atoms with van der Waals surface area (Å²) in [6.45, 7) is 6.83. The van der Waals surface area contributed by atoms with Crippen LogP contribution in [0.3, 0.4) is 0 Å². The Morgan fingerprint density at radius 1 is 1.04 bits per heavy atom. The van der Waals surface area contributed by atoms with Crippen LogP contribution in [0, 0.1) is 6.92 Å². The van der Waals surface area contributed by atoms with Gasteiger partial charge in [0.25, 0.3) is 5.91 Å². The second-order valence-corrected chi connectivity index (χ2v) is 7.56. The minimum Gasteiger partial charge on any atom is -0.368 e. The molecule has 27 heavy (non-hydrogen) atoms. The van der Waals surface area contributed by atoms with Crippen molar-refractivity contribution in [1.82, 2.24) is 14.9 Å². The summed E-state index contributed by atoms with van der Waals surface area (Å²) in [5.41, 5.74) is 2.47. The number of hydrogen-bond acceptors (Lipinski definition) is 5. The zero-order valence-corrected chi connectivity index (χ0v) is 16.3. The van der Waals surface area contributed by atoms with E-state index in [1.54, 1.807) is 6.20 Å². The highest BCUT2D eigenvalue weighted by Crippen LogP contribution is 2.22. The molecule has 3 heterocycles. The van der Waals surface area contributed by atoms with Crippen molar-refractivity contribution < 1.29 is 4.79 Å². The van der Waals surface area contributed by atoms with E-state index in [1.165, 1.54) is 12.8 Å². The van der Waals surface area contributed by atoms with Gasteiger partial charge in [0.15, 0.2) is 0 Å². The number of anilines is 2. The third kappa shape index (κ3) is 3.86. The lowest BCUT2D eigenvalue weighted by molar-refractivity contribution is 0.0745. The van der Waals surface area contributed by atoms with Crippen LogP contribution < -0.4 is 9.80 Å². The second kappa shape index (κ2) is 7.72. The summed E-state index contributed by atoms with van der Waals surface area (Å²) in [7, 11) is 0. The normalized spacial score (nSPS) is 17.5. The topological polar surface area (TPSA) is 52.6 Å². The van der Waals surface area contributed by atoms with Crippen molar-refractivity contribution in [2.45, 2.75) is 19.8 Å². The summed E-state index contributed by atoms with van der Waals surface area (Å²) in [6, 6.07) is 7.85. The molecule has 2 saturated heterocycles. The standard InChI is InChI=1S/C20H24ClN5O/c1-15-18(14-22-20(23-15)26-7-2-3-8-26)19(27)25-11-9-24(10-12-25)17-6-4-5-16(21)13-17/h4-6,13-14H,2-3,7-12H2,1H3.